The van der Waals surface area contributed by atoms with Crippen LogP contribution in [-0.4, -0.2) is 24.4 Å². The van der Waals surface area contributed by atoms with E-state index in [-0.39, 0.29) is 11.6 Å². The van der Waals surface area contributed by atoms with Crippen molar-refractivity contribution in [3.8, 4) is 11.5 Å². The van der Waals surface area contributed by atoms with Crippen molar-refractivity contribution >= 4 is 62.4 Å². The molecule has 28 heavy (non-hydrogen) atoms. The molecule has 0 aromatic heterocycles. The minimum absolute atomic E-state index is 0.171. The second-order valence-corrected chi connectivity index (χ2v) is 7.69. The largest absolute Gasteiger partial charge is 0.490 e. The van der Waals surface area contributed by atoms with E-state index < -0.39 is 11.9 Å². The number of esters is 2. The zero-order valence-corrected chi connectivity index (χ0v) is 18.7. The van der Waals surface area contributed by atoms with E-state index in [2.05, 4.69) is 20.9 Å². The van der Waals surface area contributed by atoms with E-state index in [0.717, 1.165) is 4.47 Å². The zero-order chi connectivity index (χ0) is 20.3. The fraction of sp³-hybridized carbons (Fsp3) is 0.150. The summed E-state index contributed by atoms with van der Waals surface area (Å²) in [5.74, 6) is 0.0242. The SMILES string of the molecule is CCOc1cc(C=C2N=C(c3ccccc3Br)OC2=O)cc(I)c1OC(C)=O. The van der Waals surface area contributed by atoms with Crippen LogP contribution in [0.25, 0.3) is 6.08 Å². The molecule has 2 aromatic rings. The van der Waals surface area contributed by atoms with Gasteiger partial charge in [0.1, 0.15) is 0 Å². The molecular weight excluding hydrogens is 541 g/mol. The van der Waals surface area contributed by atoms with Gasteiger partial charge in [-0.2, -0.15) is 0 Å². The molecular formula is C20H15BrINO5. The molecule has 0 radical (unpaired) electrons. The number of carbonyl (C=O) groups is 2. The predicted molar refractivity (Wildman–Crippen MR) is 116 cm³/mol. The maximum atomic E-state index is 12.3. The first-order chi connectivity index (χ1) is 13.4. The van der Waals surface area contributed by atoms with E-state index in [1.807, 2.05) is 53.8 Å². The van der Waals surface area contributed by atoms with Crippen molar-refractivity contribution in [1.29, 1.82) is 0 Å². The van der Waals surface area contributed by atoms with Crippen LogP contribution in [0, 0.1) is 3.57 Å². The summed E-state index contributed by atoms with van der Waals surface area (Å²) in [7, 11) is 0. The minimum Gasteiger partial charge on any atom is -0.490 e. The Morgan fingerprint density at radius 1 is 1.32 bits per heavy atom. The van der Waals surface area contributed by atoms with Crippen molar-refractivity contribution in [2.24, 2.45) is 4.99 Å². The maximum absolute atomic E-state index is 12.3. The lowest BCUT2D eigenvalue weighted by atomic mass is 10.1. The van der Waals surface area contributed by atoms with Crippen LogP contribution in [0.15, 0.2) is 51.6 Å². The quantitative estimate of drug-likeness (QED) is 0.231. The topological polar surface area (TPSA) is 74.2 Å². The average molecular weight is 556 g/mol. The van der Waals surface area contributed by atoms with E-state index >= 15 is 0 Å². The molecule has 0 N–H and O–H groups in total. The lowest BCUT2D eigenvalue weighted by molar-refractivity contribution is -0.132. The number of hydrogen-bond donors (Lipinski definition) is 0. The Balaban J connectivity index is 1.99. The molecule has 1 aliphatic rings. The second kappa shape index (κ2) is 8.87. The fourth-order valence-electron chi connectivity index (χ4n) is 2.49. The van der Waals surface area contributed by atoms with Gasteiger partial charge >= 0.3 is 11.9 Å². The highest BCUT2D eigenvalue weighted by molar-refractivity contribution is 14.1. The Morgan fingerprint density at radius 2 is 2.07 bits per heavy atom. The number of carbonyl (C=O) groups excluding carboxylic acids is 2. The van der Waals surface area contributed by atoms with Gasteiger partial charge in [0.25, 0.3) is 0 Å². The minimum atomic E-state index is -0.539. The van der Waals surface area contributed by atoms with Crippen molar-refractivity contribution in [2.75, 3.05) is 6.61 Å². The molecule has 0 saturated carbocycles. The van der Waals surface area contributed by atoms with Crippen molar-refractivity contribution in [1.82, 2.24) is 0 Å². The number of cyclic esters (lactones) is 1. The summed E-state index contributed by atoms with van der Waals surface area (Å²) in [6.45, 7) is 3.56. The number of benzene rings is 2. The maximum Gasteiger partial charge on any atom is 0.363 e. The van der Waals surface area contributed by atoms with Gasteiger partial charge in [0.15, 0.2) is 17.2 Å². The van der Waals surface area contributed by atoms with Crippen LogP contribution in [0.3, 0.4) is 0 Å². The molecule has 144 valence electrons. The van der Waals surface area contributed by atoms with Gasteiger partial charge in [-0.15, -0.1) is 0 Å². The Hall–Kier alpha value is -2.20. The third-order valence-electron chi connectivity index (χ3n) is 3.61. The molecule has 0 amide bonds. The standard InChI is InChI=1S/C20H15BrINO5/c1-3-26-17-10-12(8-15(22)18(17)27-11(2)24)9-16-20(25)28-19(23-16)13-6-4-5-7-14(13)21/h4-10H,3H2,1-2H3. The molecule has 0 unspecified atom stereocenters. The molecule has 2 aromatic carbocycles. The third kappa shape index (κ3) is 4.61. The van der Waals surface area contributed by atoms with Gasteiger partial charge in [-0.3, -0.25) is 4.79 Å². The number of ether oxygens (including phenoxy) is 3. The van der Waals surface area contributed by atoms with E-state index in [0.29, 0.717) is 32.8 Å². The smallest absolute Gasteiger partial charge is 0.363 e. The zero-order valence-electron chi connectivity index (χ0n) is 15.0. The fourth-order valence-corrected chi connectivity index (χ4v) is 3.68. The highest BCUT2D eigenvalue weighted by Gasteiger charge is 2.25. The summed E-state index contributed by atoms with van der Waals surface area (Å²) in [6.07, 6.45) is 1.61. The molecule has 8 heteroatoms. The normalized spacial score (nSPS) is 14.6. The summed E-state index contributed by atoms with van der Waals surface area (Å²) in [6, 6.07) is 10.8. The van der Waals surface area contributed by atoms with Gasteiger partial charge in [-0.1, -0.05) is 12.1 Å². The van der Waals surface area contributed by atoms with Gasteiger partial charge in [-0.05, 0) is 81.3 Å². The Bertz CT molecular complexity index is 1020. The van der Waals surface area contributed by atoms with E-state index in [9.17, 15) is 9.59 Å². The van der Waals surface area contributed by atoms with E-state index in [1.165, 1.54) is 6.92 Å². The number of rotatable bonds is 5. The van der Waals surface area contributed by atoms with E-state index in [4.69, 9.17) is 14.2 Å². The van der Waals surface area contributed by atoms with Gasteiger partial charge < -0.3 is 14.2 Å². The van der Waals surface area contributed by atoms with Gasteiger partial charge in [0.05, 0.1) is 15.7 Å². The van der Waals surface area contributed by atoms with Crippen LogP contribution in [0.4, 0.5) is 0 Å². The number of hydrogen-bond acceptors (Lipinski definition) is 6. The van der Waals surface area contributed by atoms with Crippen molar-refractivity contribution in [2.45, 2.75) is 13.8 Å². The first kappa shape index (κ1) is 20.5. The molecule has 0 fully saturated rings. The van der Waals surface area contributed by atoms with Crippen molar-refractivity contribution in [3.63, 3.8) is 0 Å². The highest BCUT2D eigenvalue weighted by atomic mass is 127. The lowest BCUT2D eigenvalue weighted by Crippen LogP contribution is -2.06. The molecule has 1 heterocycles. The second-order valence-electron chi connectivity index (χ2n) is 5.67. The van der Waals surface area contributed by atoms with Crippen molar-refractivity contribution in [3.05, 3.63) is 61.3 Å². The third-order valence-corrected chi connectivity index (χ3v) is 5.10. The molecule has 6 nitrogen and oxygen atoms in total. The van der Waals surface area contributed by atoms with Crippen LogP contribution < -0.4 is 9.47 Å². The monoisotopic (exact) mass is 555 g/mol. The summed E-state index contributed by atoms with van der Waals surface area (Å²) < 4.78 is 17.6. The Kier molecular flexibility index (Phi) is 6.50. The van der Waals surface area contributed by atoms with Gasteiger partial charge in [-0.25, -0.2) is 9.79 Å². The van der Waals surface area contributed by atoms with Crippen LogP contribution in [0.5, 0.6) is 11.5 Å². The number of nitrogens with zero attached hydrogens (tertiary/aromatic N) is 1. The van der Waals surface area contributed by atoms with Crippen LogP contribution in [0.1, 0.15) is 25.0 Å². The lowest BCUT2D eigenvalue weighted by Gasteiger charge is -2.12. The molecule has 0 bridgehead atoms. The van der Waals surface area contributed by atoms with Gasteiger partial charge in [0.2, 0.25) is 5.90 Å². The molecule has 0 atom stereocenters. The summed E-state index contributed by atoms with van der Waals surface area (Å²) in [5.41, 5.74) is 1.53. The number of aliphatic imine (C=N–C) groups is 1. The van der Waals surface area contributed by atoms with Gasteiger partial charge in [0, 0.05) is 11.4 Å². The molecule has 0 saturated heterocycles. The van der Waals surface area contributed by atoms with Crippen molar-refractivity contribution < 1.29 is 23.8 Å². The average Bonchev–Trinajstić information content (AvgIpc) is 2.99. The molecule has 0 spiro atoms. The summed E-state index contributed by atoms with van der Waals surface area (Å²) >= 11 is 5.48. The van der Waals surface area contributed by atoms with Crippen LogP contribution in [-0.2, 0) is 14.3 Å². The Labute approximate surface area is 183 Å². The summed E-state index contributed by atoms with van der Waals surface area (Å²) in [5, 5.41) is 0. The summed E-state index contributed by atoms with van der Waals surface area (Å²) in [4.78, 5) is 27.9. The highest BCUT2D eigenvalue weighted by Crippen LogP contribution is 2.35. The first-order valence-corrected chi connectivity index (χ1v) is 10.2. The van der Waals surface area contributed by atoms with Crippen LogP contribution in [0.2, 0.25) is 0 Å². The molecule has 0 aliphatic carbocycles. The first-order valence-electron chi connectivity index (χ1n) is 8.31. The van der Waals surface area contributed by atoms with E-state index in [1.54, 1.807) is 18.2 Å². The van der Waals surface area contributed by atoms with Crippen LogP contribution >= 0.6 is 38.5 Å². The number of halogens is 2. The molecule has 1 aliphatic heterocycles. The predicted octanol–water partition coefficient (Wildman–Crippen LogP) is 4.72. The molecule has 3 rings (SSSR count). The Morgan fingerprint density at radius 3 is 2.75 bits per heavy atom.